The number of fused-ring (bicyclic) bond motifs is 2. The van der Waals surface area contributed by atoms with Gasteiger partial charge < -0.3 is 64.7 Å². The van der Waals surface area contributed by atoms with Crippen LogP contribution >= 0.6 is 39.1 Å². The predicted molar refractivity (Wildman–Crippen MR) is 293 cm³/mol. The molecule has 0 unspecified atom stereocenters. The van der Waals surface area contributed by atoms with Gasteiger partial charge in [-0.05, 0) is 115 Å². The van der Waals surface area contributed by atoms with Crippen LogP contribution in [0.4, 0.5) is 32.3 Å². The number of ether oxygens (including phenoxy) is 4. The molecule has 0 heterocycles. The quantitative estimate of drug-likeness (QED) is 0.0206. The molecule has 0 aliphatic heterocycles. The fraction of sp³-hybridized carbons (Fsp3) is 0.327. The Morgan fingerprint density at radius 2 is 1.01 bits per heavy atom. The molecule has 402 valence electrons. The van der Waals surface area contributed by atoms with Crippen molar-refractivity contribution >= 4 is 114 Å². The maximum absolute atomic E-state index is 12.4. The minimum absolute atomic E-state index is 0. The van der Waals surface area contributed by atoms with Gasteiger partial charge in [0.05, 0.1) is 38.4 Å². The summed E-state index contributed by atoms with van der Waals surface area (Å²) >= 11 is 15.1. The Kier molecular flexibility index (Phi) is 40.0. The SMILES string of the molecule is COC(=O)C[C@H](C)N(Cc1ccc(Cl)cc1)c1ccc(NC(=O)OC(C)(C)C)c2ccccc12.COC(=O)C[C@H](C)Nc1ccc(NC(=O)OC(C)(C)C)c2ccccc12.Clc1ccc(CBr)cc1.O=CO[O-].[H-].[I-].[K+].[K+].[Na+]. The molecule has 6 aromatic rings. The minimum Gasteiger partial charge on any atom is -1.00 e. The van der Waals surface area contributed by atoms with Crippen LogP contribution in [0.3, 0.4) is 0 Å². The van der Waals surface area contributed by atoms with Crippen LogP contribution in [0.1, 0.15) is 80.8 Å². The summed E-state index contributed by atoms with van der Waals surface area (Å²) in [5.41, 5.74) is 4.29. The maximum atomic E-state index is 12.4. The van der Waals surface area contributed by atoms with E-state index in [0.717, 1.165) is 48.8 Å². The zero-order valence-electron chi connectivity index (χ0n) is 47.1. The molecule has 15 nitrogen and oxygen atoms in total. The Bertz CT molecular complexity index is 2770. The maximum Gasteiger partial charge on any atom is 1.00 e. The number of benzene rings is 6. The second kappa shape index (κ2) is 39.8. The molecule has 0 bridgehead atoms. The molecule has 0 aliphatic carbocycles. The average molecular weight is 1340 g/mol. The molecule has 3 N–H and O–H groups in total. The number of hydrogen-bond donors (Lipinski definition) is 3. The van der Waals surface area contributed by atoms with Crippen molar-refractivity contribution in [2.45, 2.75) is 103 Å². The summed E-state index contributed by atoms with van der Waals surface area (Å²) in [5.74, 6) is -0.543. The number of methoxy groups -OCH3 is 2. The molecular weight excluding hydrogens is 1270 g/mol. The van der Waals surface area contributed by atoms with Crippen LogP contribution in [0.25, 0.3) is 21.5 Å². The van der Waals surface area contributed by atoms with Crippen LogP contribution in [-0.4, -0.2) is 68.1 Å². The van der Waals surface area contributed by atoms with Crippen LogP contribution in [0, 0.1) is 0 Å². The van der Waals surface area contributed by atoms with Crippen molar-refractivity contribution in [3.05, 3.63) is 142 Å². The Morgan fingerprint density at radius 3 is 1.43 bits per heavy atom. The summed E-state index contributed by atoms with van der Waals surface area (Å²) < 4.78 is 20.4. The number of rotatable bonds is 14. The fourth-order valence-corrected chi connectivity index (χ4v) is 7.55. The third-order valence-electron chi connectivity index (χ3n) is 10.1. The predicted octanol–water partition coefficient (Wildman–Crippen LogP) is 1.15. The van der Waals surface area contributed by atoms with Crippen LogP contribution in [0.2, 0.25) is 10.0 Å². The first kappa shape index (κ1) is 77.5. The van der Waals surface area contributed by atoms with E-state index in [-0.39, 0.29) is 201 Å². The molecule has 6 rings (SSSR count). The number of esters is 2. The zero-order valence-corrected chi connectivity index (χ0v) is 59.6. The van der Waals surface area contributed by atoms with Crippen molar-refractivity contribution in [2.75, 3.05) is 35.1 Å². The van der Waals surface area contributed by atoms with Crippen LogP contribution < -0.4 is 182 Å². The van der Waals surface area contributed by atoms with E-state index >= 15 is 0 Å². The summed E-state index contributed by atoms with van der Waals surface area (Å²) in [4.78, 5) is 61.4. The van der Waals surface area contributed by atoms with E-state index in [0.29, 0.717) is 22.9 Å². The van der Waals surface area contributed by atoms with Gasteiger partial charge in [0.1, 0.15) is 11.2 Å². The van der Waals surface area contributed by atoms with Gasteiger partial charge in [-0.25, -0.2) is 9.59 Å². The van der Waals surface area contributed by atoms with Crippen molar-refractivity contribution in [1.29, 1.82) is 0 Å². The molecule has 0 aliphatic rings. The molecule has 22 heteroatoms. The monoisotopic (exact) mass is 1330 g/mol. The van der Waals surface area contributed by atoms with E-state index in [1.54, 1.807) is 0 Å². The van der Waals surface area contributed by atoms with Gasteiger partial charge in [-0.3, -0.25) is 25.0 Å². The average Bonchev–Trinajstić information content (AvgIpc) is 3.34. The zero-order chi connectivity index (χ0) is 54.3. The number of nitrogens with one attached hydrogen (secondary N) is 3. The number of alkyl halides is 1. The Labute approximate surface area is 596 Å². The van der Waals surface area contributed by atoms with Crippen molar-refractivity contribution < 1.29 is 211 Å². The van der Waals surface area contributed by atoms with Crippen LogP contribution in [0.15, 0.2) is 121 Å². The molecule has 0 spiro atoms. The third kappa shape index (κ3) is 29.3. The van der Waals surface area contributed by atoms with Gasteiger partial charge in [0.25, 0.3) is 6.47 Å². The summed E-state index contributed by atoms with van der Waals surface area (Å²) in [5, 5.41) is 23.4. The number of carbonyl (C=O) groups excluding carboxylic acids is 5. The largest absolute Gasteiger partial charge is 1.00 e. The first-order valence-corrected chi connectivity index (χ1v) is 24.9. The van der Waals surface area contributed by atoms with Gasteiger partial charge in [0, 0.05) is 66.9 Å². The second-order valence-electron chi connectivity index (χ2n) is 18.3. The summed E-state index contributed by atoms with van der Waals surface area (Å²) in [6.45, 7) is 15.2. The smallest absolute Gasteiger partial charge is 1.00 e. The first-order chi connectivity index (χ1) is 34.5. The van der Waals surface area contributed by atoms with Gasteiger partial charge in [-0.2, -0.15) is 0 Å². The van der Waals surface area contributed by atoms with E-state index < -0.39 is 23.4 Å². The van der Waals surface area contributed by atoms with Crippen molar-refractivity contribution in [2.24, 2.45) is 0 Å². The first-order valence-electron chi connectivity index (χ1n) is 23.0. The molecule has 0 saturated heterocycles. The van der Waals surface area contributed by atoms with E-state index in [1.807, 2.05) is 177 Å². The number of amides is 2. The van der Waals surface area contributed by atoms with E-state index in [4.69, 9.17) is 52.2 Å². The van der Waals surface area contributed by atoms with Gasteiger partial charge in [0.15, 0.2) is 0 Å². The van der Waals surface area contributed by atoms with Gasteiger partial charge in [-0.1, -0.05) is 112 Å². The van der Waals surface area contributed by atoms with Crippen LogP contribution in [0.5, 0.6) is 0 Å². The summed E-state index contributed by atoms with van der Waals surface area (Å²) in [7, 11) is 2.77. The van der Waals surface area contributed by atoms with Gasteiger partial charge in [-0.15, -0.1) is 0 Å². The third-order valence-corrected chi connectivity index (χ3v) is 11.3. The number of halogens is 4. The Morgan fingerprint density at radius 1 is 0.636 bits per heavy atom. The van der Waals surface area contributed by atoms with Crippen molar-refractivity contribution in [3.63, 3.8) is 0 Å². The summed E-state index contributed by atoms with van der Waals surface area (Å²) in [6.07, 6.45) is -0.510. The molecule has 0 saturated carbocycles. The number of nitrogens with zero attached hydrogens (tertiary/aromatic N) is 1. The molecule has 0 fully saturated rings. The minimum atomic E-state index is -0.599. The van der Waals surface area contributed by atoms with Gasteiger partial charge >= 0.3 is 156 Å². The molecular formula is C55H65BrCl2IK2N4NaO11. The standard InChI is InChI=1S/C27H31ClN2O4.C20H26N2O4.C7H6BrCl.CH2O3.HI.2K.Na.H/c1-18(16-25(31)33-5)30(17-19-10-12-20(28)13-11-19)24-15-14-23(21-8-6-7-9-22(21)24)29-26(32)34-27(2,3)4;1-13(12-18(23)25-5)21-16-10-11-17(15-9-7-6-8-14(15)16)22-19(24)26-20(2,3)4;8-5-6-1-3-7(9)4-2-6;2-1-4-3;;;;;/h6-15,18H,16-17H2,1-5H3,(H,29,32);6-11,13,21H,12H2,1-5H3,(H,22,24);1-4H,5H2;1,3H;1H;;;;/q;;;;;3*+1;-1/p-2/t18-;13-;;;;;;;/m00......./s1. The number of anilines is 4. The molecule has 0 radical (unpaired) electrons. The molecule has 2 amide bonds. The number of hydrogen-bond acceptors (Lipinski definition) is 13. The van der Waals surface area contributed by atoms with Crippen molar-refractivity contribution in [1.82, 2.24) is 0 Å². The molecule has 0 aromatic heterocycles. The second-order valence-corrected chi connectivity index (χ2v) is 19.7. The van der Waals surface area contributed by atoms with E-state index in [1.165, 1.54) is 19.8 Å². The Balaban J connectivity index is -0.00000113. The molecule has 6 aromatic carbocycles. The topological polar surface area (TPSA) is 194 Å². The van der Waals surface area contributed by atoms with Crippen molar-refractivity contribution in [3.8, 4) is 0 Å². The molecule has 77 heavy (non-hydrogen) atoms. The van der Waals surface area contributed by atoms with E-state index in [9.17, 15) is 19.2 Å². The summed E-state index contributed by atoms with van der Waals surface area (Å²) in [6, 6.07) is 38.3. The van der Waals surface area contributed by atoms with Crippen LogP contribution in [-0.2, 0) is 50.1 Å². The van der Waals surface area contributed by atoms with E-state index in [2.05, 4.69) is 41.7 Å². The molecule has 2 atom stereocenters. The van der Waals surface area contributed by atoms with Gasteiger partial charge in [0.2, 0.25) is 0 Å². The normalized spacial score (nSPS) is 10.9. The number of carbonyl (C=O) groups is 5. The Hall–Kier alpha value is -1.59. The fourth-order valence-electron chi connectivity index (χ4n) is 6.93.